The van der Waals surface area contributed by atoms with E-state index in [1.165, 1.54) is 23.1 Å². The van der Waals surface area contributed by atoms with Gasteiger partial charge in [-0.1, -0.05) is 30.3 Å². The van der Waals surface area contributed by atoms with Gasteiger partial charge in [0.2, 0.25) is 9.84 Å². The van der Waals surface area contributed by atoms with Crippen LogP contribution in [0, 0.1) is 24.6 Å². The van der Waals surface area contributed by atoms with Crippen molar-refractivity contribution in [2.45, 2.75) is 49.3 Å². The molecule has 41 heavy (non-hydrogen) atoms. The number of thiazole rings is 1. The van der Waals surface area contributed by atoms with E-state index in [0.717, 1.165) is 32.5 Å². The average Bonchev–Trinajstić information content (AvgIpc) is 3.50. The van der Waals surface area contributed by atoms with Crippen LogP contribution in [0.4, 0.5) is 23.2 Å². The number of piperidine rings is 1. The van der Waals surface area contributed by atoms with E-state index in [9.17, 15) is 21.6 Å². The molecular formula is C27H30F4N4O4S2. The zero-order valence-corrected chi connectivity index (χ0v) is 24.0. The molecule has 2 bridgehead atoms. The highest BCUT2D eigenvalue weighted by atomic mass is 32.2. The van der Waals surface area contributed by atoms with E-state index < -0.39 is 32.8 Å². The zero-order valence-electron chi connectivity index (χ0n) is 22.4. The van der Waals surface area contributed by atoms with Gasteiger partial charge in [0, 0.05) is 43.7 Å². The van der Waals surface area contributed by atoms with Crippen molar-refractivity contribution in [1.29, 1.82) is 0 Å². The van der Waals surface area contributed by atoms with Crippen LogP contribution in [0.2, 0.25) is 0 Å². The van der Waals surface area contributed by atoms with Crippen LogP contribution in [0.3, 0.4) is 0 Å². The SMILES string of the molecule is Cc1c(N(C)C2[C@@H]3CC[C@H]2CN(Cc2ccccc2)C3)cnc(S(=O)(=O)Cc2cscn2)c1F.O=C(O)C(F)(F)F. The molecule has 1 unspecified atom stereocenters. The predicted octanol–water partition coefficient (Wildman–Crippen LogP) is 4.94. The van der Waals surface area contributed by atoms with Crippen LogP contribution in [0.1, 0.15) is 29.7 Å². The summed E-state index contributed by atoms with van der Waals surface area (Å²) in [6.07, 6.45) is -1.25. The van der Waals surface area contributed by atoms with Crippen LogP contribution in [0.25, 0.3) is 0 Å². The van der Waals surface area contributed by atoms with Crippen LogP contribution >= 0.6 is 11.3 Å². The molecular weight excluding hydrogens is 584 g/mol. The molecule has 2 aliphatic rings. The number of hydrogen-bond donors (Lipinski definition) is 1. The standard InChI is InChI=1S/C25H29FN4O2S2.C2HF3O2/c1-17-22(10-27-25(23(17)26)34(31,32)15-21-14-33-16-28-21)29(2)24-19-8-9-20(24)13-30(12-19)11-18-6-4-3-5-7-18;3-2(4,5)1(6)7/h3-7,10,14,16,19-20,24H,8-9,11-13,15H2,1-2H3;(H,6,7)/t19-,20+,24?;. The number of hydrogen-bond acceptors (Lipinski definition) is 8. The fraction of sp³-hybridized carbons (Fsp3) is 0.444. The Kier molecular flexibility index (Phi) is 9.34. The number of carbonyl (C=O) groups is 1. The Labute approximate surface area is 239 Å². The Morgan fingerprint density at radius 2 is 1.76 bits per heavy atom. The van der Waals surface area contributed by atoms with Gasteiger partial charge in [0.15, 0.2) is 10.8 Å². The minimum absolute atomic E-state index is 0.296. The number of rotatable bonds is 7. The van der Waals surface area contributed by atoms with Gasteiger partial charge in [0.1, 0.15) is 0 Å². The lowest BCUT2D eigenvalue weighted by molar-refractivity contribution is -0.192. The highest BCUT2D eigenvalue weighted by Crippen LogP contribution is 2.42. The fourth-order valence-corrected chi connectivity index (χ4v) is 7.73. The summed E-state index contributed by atoms with van der Waals surface area (Å²) in [6, 6.07) is 10.8. The summed E-state index contributed by atoms with van der Waals surface area (Å²) >= 11 is 1.31. The Bertz CT molecular complexity index is 1440. The first kappa shape index (κ1) is 30.8. The first-order valence-electron chi connectivity index (χ1n) is 12.8. The summed E-state index contributed by atoms with van der Waals surface area (Å²) < 4.78 is 72.7. The van der Waals surface area contributed by atoms with E-state index in [2.05, 4.69) is 44.0 Å². The van der Waals surface area contributed by atoms with Gasteiger partial charge in [0.25, 0.3) is 0 Å². The number of alkyl halides is 3. The highest BCUT2D eigenvalue weighted by molar-refractivity contribution is 7.90. The van der Waals surface area contributed by atoms with Crippen molar-refractivity contribution >= 4 is 32.8 Å². The van der Waals surface area contributed by atoms with Crippen molar-refractivity contribution in [3.05, 3.63) is 70.1 Å². The largest absolute Gasteiger partial charge is 0.490 e. The van der Waals surface area contributed by atoms with Crippen molar-refractivity contribution in [3.8, 4) is 0 Å². The van der Waals surface area contributed by atoms with Crippen LogP contribution in [0.5, 0.6) is 0 Å². The van der Waals surface area contributed by atoms with Gasteiger partial charge in [-0.05, 0) is 37.2 Å². The number of aromatic nitrogens is 2. The van der Waals surface area contributed by atoms with Crippen LogP contribution < -0.4 is 4.90 Å². The second kappa shape index (κ2) is 12.4. The molecule has 14 heteroatoms. The monoisotopic (exact) mass is 614 g/mol. The number of carboxylic acid groups (broad SMARTS) is 1. The highest BCUT2D eigenvalue weighted by Gasteiger charge is 2.44. The van der Waals surface area contributed by atoms with Gasteiger partial charge in [-0.15, -0.1) is 11.3 Å². The summed E-state index contributed by atoms with van der Waals surface area (Å²) in [5, 5.41) is 8.29. The third kappa shape index (κ3) is 7.22. The molecule has 0 radical (unpaired) electrons. The first-order valence-corrected chi connectivity index (χ1v) is 15.4. The number of halogens is 4. The lowest BCUT2D eigenvalue weighted by Crippen LogP contribution is -2.51. The topological polar surface area (TPSA) is 104 Å². The summed E-state index contributed by atoms with van der Waals surface area (Å²) in [5.41, 5.74) is 4.30. The molecule has 0 spiro atoms. The maximum atomic E-state index is 15.3. The van der Waals surface area contributed by atoms with Gasteiger partial charge in [-0.25, -0.2) is 27.6 Å². The number of nitrogens with zero attached hydrogens (tertiary/aromatic N) is 4. The molecule has 1 aliphatic carbocycles. The quantitative estimate of drug-likeness (QED) is 0.374. The lowest BCUT2D eigenvalue weighted by Gasteiger charge is -2.43. The van der Waals surface area contributed by atoms with Crippen LogP contribution in [-0.2, 0) is 26.9 Å². The lowest BCUT2D eigenvalue weighted by atomic mass is 9.90. The maximum absolute atomic E-state index is 15.3. The van der Waals surface area contributed by atoms with Gasteiger partial charge in [-0.2, -0.15) is 13.2 Å². The molecule has 3 atom stereocenters. The van der Waals surface area contributed by atoms with Crippen molar-refractivity contribution < 1.29 is 35.9 Å². The molecule has 8 nitrogen and oxygen atoms in total. The molecule has 5 rings (SSSR count). The second-order valence-electron chi connectivity index (χ2n) is 10.3. The number of aliphatic carboxylic acids is 1. The molecule has 1 aliphatic heterocycles. The Balaban J connectivity index is 0.000000493. The van der Waals surface area contributed by atoms with E-state index in [4.69, 9.17) is 9.90 Å². The van der Waals surface area contributed by atoms with Crippen LogP contribution in [-0.4, -0.2) is 66.7 Å². The summed E-state index contributed by atoms with van der Waals surface area (Å²) in [4.78, 5) is 21.7. The molecule has 1 saturated carbocycles. The number of sulfone groups is 1. The number of benzene rings is 1. The third-order valence-corrected chi connectivity index (χ3v) is 9.68. The number of anilines is 1. The minimum Gasteiger partial charge on any atom is -0.475 e. The molecule has 1 N–H and O–H groups in total. The molecule has 2 aromatic heterocycles. The van der Waals surface area contributed by atoms with Crippen molar-refractivity contribution in [3.63, 3.8) is 0 Å². The summed E-state index contributed by atoms with van der Waals surface area (Å²) in [5.74, 6) is -2.88. The zero-order chi connectivity index (χ0) is 29.9. The molecule has 2 fully saturated rings. The Morgan fingerprint density at radius 3 is 2.29 bits per heavy atom. The van der Waals surface area contributed by atoms with Gasteiger partial charge >= 0.3 is 12.1 Å². The summed E-state index contributed by atoms with van der Waals surface area (Å²) in [6.45, 7) is 4.62. The molecule has 3 heterocycles. The fourth-order valence-electron chi connectivity index (χ4n) is 5.75. The molecule has 1 aromatic carbocycles. The van der Waals surface area contributed by atoms with Crippen molar-refractivity contribution in [2.75, 3.05) is 25.0 Å². The number of likely N-dealkylation sites (tertiary alicyclic amines) is 1. The van der Waals surface area contributed by atoms with E-state index in [1.54, 1.807) is 17.8 Å². The molecule has 0 amide bonds. The molecule has 3 aromatic rings. The van der Waals surface area contributed by atoms with E-state index in [1.807, 2.05) is 13.1 Å². The van der Waals surface area contributed by atoms with Gasteiger partial charge in [0.05, 0.1) is 28.8 Å². The van der Waals surface area contributed by atoms with E-state index in [0.29, 0.717) is 34.8 Å². The Morgan fingerprint density at radius 1 is 1.15 bits per heavy atom. The summed E-state index contributed by atoms with van der Waals surface area (Å²) in [7, 11) is -1.92. The van der Waals surface area contributed by atoms with Crippen LogP contribution in [0.15, 0.2) is 52.4 Å². The number of pyridine rings is 1. The number of carboxylic acids is 1. The van der Waals surface area contributed by atoms with Gasteiger partial charge < -0.3 is 10.0 Å². The van der Waals surface area contributed by atoms with Gasteiger partial charge in [-0.3, -0.25) is 4.90 Å². The van der Waals surface area contributed by atoms with E-state index >= 15 is 4.39 Å². The molecule has 1 saturated heterocycles. The predicted molar refractivity (Wildman–Crippen MR) is 146 cm³/mol. The number of fused-ring (bicyclic) bond motifs is 2. The Hall–Kier alpha value is -3.10. The van der Waals surface area contributed by atoms with Crippen molar-refractivity contribution in [1.82, 2.24) is 14.9 Å². The maximum Gasteiger partial charge on any atom is 0.490 e. The minimum atomic E-state index is -5.08. The normalized spacial score (nSPS) is 20.8. The third-order valence-electron chi connectivity index (χ3n) is 7.50. The average molecular weight is 615 g/mol. The smallest absolute Gasteiger partial charge is 0.475 e. The second-order valence-corrected chi connectivity index (χ2v) is 12.9. The first-order chi connectivity index (χ1) is 19.3. The molecule has 222 valence electrons. The van der Waals surface area contributed by atoms with E-state index in [-0.39, 0.29) is 5.75 Å². The van der Waals surface area contributed by atoms with Crippen molar-refractivity contribution in [2.24, 2.45) is 11.8 Å².